The molecule has 1 aromatic carbocycles. The van der Waals surface area contributed by atoms with Crippen molar-refractivity contribution in [1.82, 2.24) is 5.32 Å². The van der Waals surface area contributed by atoms with Gasteiger partial charge in [-0.1, -0.05) is 50.6 Å². The van der Waals surface area contributed by atoms with Gasteiger partial charge in [0.25, 0.3) is 0 Å². The summed E-state index contributed by atoms with van der Waals surface area (Å²) < 4.78 is 0. The molecule has 1 aliphatic rings. The van der Waals surface area contributed by atoms with Gasteiger partial charge >= 0.3 is 0 Å². The van der Waals surface area contributed by atoms with Crippen LogP contribution in [0.25, 0.3) is 0 Å². The molecule has 2 unspecified atom stereocenters. The maximum Gasteiger partial charge on any atom is 0.228 e. The van der Waals surface area contributed by atoms with E-state index in [1.165, 1.54) is 0 Å². The van der Waals surface area contributed by atoms with E-state index in [1.54, 1.807) is 0 Å². The number of rotatable bonds is 5. The smallest absolute Gasteiger partial charge is 0.228 e. The minimum Gasteiger partial charge on any atom is -0.393 e. The molecule has 0 aromatic heterocycles. The van der Waals surface area contributed by atoms with E-state index in [4.69, 9.17) is 0 Å². The van der Waals surface area contributed by atoms with Gasteiger partial charge in [-0.2, -0.15) is 0 Å². The monoisotopic (exact) mass is 289 g/mol. The number of carbonyl (C=O) groups is 1. The van der Waals surface area contributed by atoms with Gasteiger partial charge in [-0.15, -0.1) is 0 Å². The summed E-state index contributed by atoms with van der Waals surface area (Å²) in [5, 5.41) is 12.8. The van der Waals surface area contributed by atoms with E-state index in [0.717, 1.165) is 37.7 Å². The predicted octanol–water partition coefficient (Wildman–Crippen LogP) is 3.24. The second kappa shape index (κ2) is 7.60. The van der Waals surface area contributed by atoms with Gasteiger partial charge in [0, 0.05) is 6.04 Å². The van der Waals surface area contributed by atoms with Gasteiger partial charge in [0.2, 0.25) is 5.91 Å². The third-order valence-corrected chi connectivity index (χ3v) is 4.70. The Hall–Kier alpha value is -1.35. The van der Waals surface area contributed by atoms with Crippen molar-refractivity contribution >= 4 is 5.91 Å². The van der Waals surface area contributed by atoms with Crippen molar-refractivity contribution in [3.05, 3.63) is 35.9 Å². The van der Waals surface area contributed by atoms with Crippen LogP contribution in [0.15, 0.2) is 30.3 Å². The third kappa shape index (κ3) is 4.31. The zero-order valence-corrected chi connectivity index (χ0v) is 13.1. The molecule has 0 aliphatic heterocycles. The van der Waals surface area contributed by atoms with Gasteiger partial charge in [-0.25, -0.2) is 0 Å². The van der Waals surface area contributed by atoms with Gasteiger partial charge in [-0.05, 0) is 37.2 Å². The molecule has 0 radical (unpaired) electrons. The molecule has 3 nitrogen and oxygen atoms in total. The van der Waals surface area contributed by atoms with Crippen molar-refractivity contribution in [2.45, 2.75) is 64.0 Å². The van der Waals surface area contributed by atoms with Crippen LogP contribution >= 0.6 is 0 Å². The van der Waals surface area contributed by atoms with Crippen LogP contribution in [0, 0.1) is 5.92 Å². The number of aliphatic hydroxyl groups excluding tert-OH is 1. The zero-order chi connectivity index (χ0) is 15.2. The first kappa shape index (κ1) is 16.0. The molecular weight excluding hydrogens is 262 g/mol. The van der Waals surface area contributed by atoms with E-state index in [-0.39, 0.29) is 24.0 Å². The Kier molecular flexibility index (Phi) is 5.80. The lowest BCUT2D eigenvalue weighted by Gasteiger charge is -2.29. The van der Waals surface area contributed by atoms with Crippen molar-refractivity contribution in [2.24, 2.45) is 5.92 Å². The highest BCUT2D eigenvalue weighted by molar-refractivity contribution is 5.84. The van der Waals surface area contributed by atoms with Crippen molar-refractivity contribution < 1.29 is 9.90 Å². The summed E-state index contributed by atoms with van der Waals surface area (Å²) in [7, 11) is 0. The van der Waals surface area contributed by atoms with Crippen LogP contribution < -0.4 is 5.32 Å². The molecule has 0 bridgehead atoms. The third-order valence-electron chi connectivity index (χ3n) is 4.70. The first-order chi connectivity index (χ1) is 10.1. The Morgan fingerprint density at radius 2 is 1.86 bits per heavy atom. The summed E-state index contributed by atoms with van der Waals surface area (Å²) in [6, 6.07) is 10.3. The molecule has 1 fully saturated rings. The van der Waals surface area contributed by atoms with Crippen molar-refractivity contribution in [2.75, 3.05) is 0 Å². The van der Waals surface area contributed by atoms with Gasteiger partial charge in [0.1, 0.15) is 0 Å². The van der Waals surface area contributed by atoms with E-state index in [9.17, 15) is 9.90 Å². The molecule has 2 atom stereocenters. The first-order valence-electron chi connectivity index (χ1n) is 8.15. The summed E-state index contributed by atoms with van der Waals surface area (Å²) in [6.45, 7) is 4.27. The summed E-state index contributed by atoms with van der Waals surface area (Å²) >= 11 is 0. The molecule has 3 heteroatoms. The minimum atomic E-state index is -0.183. The molecule has 1 aliphatic carbocycles. The topological polar surface area (TPSA) is 49.3 Å². The van der Waals surface area contributed by atoms with Gasteiger partial charge < -0.3 is 10.4 Å². The molecular formula is C18H27NO2. The lowest BCUT2D eigenvalue weighted by atomic mass is 9.84. The summed E-state index contributed by atoms with van der Waals surface area (Å²) in [5.74, 6) is 0.376. The number of carbonyl (C=O) groups excluding carboxylic acids is 1. The maximum absolute atomic E-state index is 12.7. The molecule has 1 saturated carbocycles. The molecule has 0 spiro atoms. The maximum atomic E-state index is 12.7. The highest BCUT2D eigenvalue weighted by atomic mass is 16.3. The van der Waals surface area contributed by atoms with Crippen molar-refractivity contribution in [1.29, 1.82) is 0 Å². The molecule has 0 saturated heterocycles. The van der Waals surface area contributed by atoms with Crippen LogP contribution in [-0.4, -0.2) is 23.2 Å². The Morgan fingerprint density at radius 1 is 1.24 bits per heavy atom. The lowest BCUT2D eigenvalue weighted by Crippen LogP contribution is -2.42. The van der Waals surface area contributed by atoms with Crippen molar-refractivity contribution in [3.63, 3.8) is 0 Å². The van der Waals surface area contributed by atoms with Crippen LogP contribution in [0.2, 0.25) is 0 Å². The fraction of sp³-hybridized carbons (Fsp3) is 0.611. The van der Waals surface area contributed by atoms with Crippen LogP contribution in [0.4, 0.5) is 0 Å². The largest absolute Gasteiger partial charge is 0.393 e. The van der Waals surface area contributed by atoms with Gasteiger partial charge in [0.15, 0.2) is 0 Å². The minimum absolute atomic E-state index is 0.0805. The Labute approximate surface area is 127 Å². The Balaban J connectivity index is 2.05. The predicted molar refractivity (Wildman–Crippen MR) is 85.0 cm³/mol. The van der Waals surface area contributed by atoms with E-state index in [2.05, 4.69) is 19.2 Å². The highest BCUT2D eigenvalue weighted by Crippen LogP contribution is 2.28. The number of aliphatic hydroxyl groups is 1. The average Bonchev–Trinajstić information content (AvgIpc) is 2.50. The van der Waals surface area contributed by atoms with E-state index in [0.29, 0.717) is 5.92 Å². The average molecular weight is 289 g/mol. The number of hydrogen-bond donors (Lipinski definition) is 2. The molecule has 21 heavy (non-hydrogen) atoms. The molecule has 116 valence electrons. The first-order valence-corrected chi connectivity index (χ1v) is 8.15. The van der Waals surface area contributed by atoms with E-state index in [1.807, 2.05) is 30.3 Å². The standard InChI is InChI=1S/C18H27NO2/c1-3-13(2)17(14-7-5-4-6-8-14)18(21)19-15-9-11-16(20)12-10-15/h4-8,13,15-17,20H,3,9-12H2,1-2H3,(H,19,21). The number of amides is 1. The number of nitrogens with one attached hydrogen (secondary N) is 1. The second-order valence-electron chi connectivity index (χ2n) is 6.29. The van der Waals surface area contributed by atoms with Gasteiger partial charge in [0.05, 0.1) is 12.0 Å². The lowest BCUT2D eigenvalue weighted by molar-refractivity contribution is -0.124. The van der Waals surface area contributed by atoms with Crippen LogP contribution in [0.3, 0.4) is 0 Å². The second-order valence-corrected chi connectivity index (χ2v) is 6.29. The molecule has 0 heterocycles. The van der Waals surface area contributed by atoms with Crippen LogP contribution in [0.1, 0.15) is 57.4 Å². The molecule has 2 N–H and O–H groups in total. The van der Waals surface area contributed by atoms with Crippen LogP contribution in [0.5, 0.6) is 0 Å². The molecule has 2 rings (SSSR count). The molecule has 1 aromatic rings. The zero-order valence-electron chi connectivity index (χ0n) is 13.1. The fourth-order valence-electron chi connectivity index (χ4n) is 3.15. The van der Waals surface area contributed by atoms with Crippen molar-refractivity contribution in [3.8, 4) is 0 Å². The van der Waals surface area contributed by atoms with E-state index >= 15 is 0 Å². The fourth-order valence-corrected chi connectivity index (χ4v) is 3.15. The normalized spacial score (nSPS) is 25.1. The van der Waals surface area contributed by atoms with Gasteiger partial charge in [-0.3, -0.25) is 4.79 Å². The number of benzene rings is 1. The SMILES string of the molecule is CCC(C)C(C(=O)NC1CCC(O)CC1)c1ccccc1. The number of hydrogen-bond acceptors (Lipinski definition) is 2. The highest BCUT2D eigenvalue weighted by Gasteiger charge is 2.28. The summed E-state index contributed by atoms with van der Waals surface area (Å²) in [4.78, 5) is 12.7. The Bertz CT molecular complexity index is 438. The Morgan fingerprint density at radius 3 is 2.43 bits per heavy atom. The van der Waals surface area contributed by atoms with E-state index < -0.39 is 0 Å². The summed E-state index contributed by atoms with van der Waals surface area (Å²) in [5.41, 5.74) is 1.10. The quantitative estimate of drug-likeness (QED) is 0.874. The summed E-state index contributed by atoms with van der Waals surface area (Å²) in [6.07, 6.45) is 4.16. The van der Waals surface area contributed by atoms with Crippen LogP contribution in [-0.2, 0) is 4.79 Å². The molecule has 1 amide bonds.